The number of hydrogen-bond acceptors (Lipinski definition) is 2. The number of hydrogen-bond donors (Lipinski definition) is 0. The number of anilines is 1. The van der Waals surface area contributed by atoms with Crippen molar-refractivity contribution in [1.29, 1.82) is 0 Å². The van der Waals surface area contributed by atoms with E-state index in [0.717, 1.165) is 11.4 Å². The number of aliphatic imine (C=N–C) groups is 1. The minimum Gasteiger partial charge on any atom is -0.347 e. The van der Waals surface area contributed by atoms with Gasteiger partial charge in [0.1, 0.15) is 5.54 Å². The summed E-state index contributed by atoms with van der Waals surface area (Å²) in [5, 5.41) is 0. The van der Waals surface area contributed by atoms with Crippen molar-refractivity contribution in [2.75, 3.05) is 4.90 Å². The Morgan fingerprint density at radius 3 is 1.59 bits per heavy atom. The fourth-order valence-electron chi connectivity index (χ4n) is 5.04. The topological polar surface area (TPSA) is 15.6 Å². The van der Waals surface area contributed by atoms with Crippen LogP contribution in [-0.2, 0) is 5.54 Å². The molecule has 2 heteroatoms. The lowest BCUT2D eigenvalue weighted by atomic mass is 9.76. The molecule has 0 aromatic heterocycles. The normalized spacial score (nSPS) is 16.2. The summed E-state index contributed by atoms with van der Waals surface area (Å²) in [7, 11) is 0. The Labute approximate surface area is 190 Å². The fourth-order valence-corrected chi connectivity index (χ4v) is 5.04. The van der Waals surface area contributed by atoms with Crippen molar-refractivity contribution in [3.63, 3.8) is 0 Å². The van der Waals surface area contributed by atoms with Crippen molar-refractivity contribution in [2.45, 2.75) is 31.8 Å². The summed E-state index contributed by atoms with van der Waals surface area (Å²) in [5.74, 6) is 0. The first kappa shape index (κ1) is 20.3. The van der Waals surface area contributed by atoms with E-state index in [9.17, 15) is 0 Å². The van der Waals surface area contributed by atoms with E-state index < -0.39 is 5.54 Å². The predicted octanol–water partition coefficient (Wildman–Crippen LogP) is 7.37. The van der Waals surface area contributed by atoms with E-state index >= 15 is 0 Å². The zero-order valence-electron chi connectivity index (χ0n) is 18.9. The van der Waals surface area contributed by atoms with E-state index in [-0.39, 0.29) is 5.54 Å². The molecule has 2 nitrogen and oxygen atoms in total. The van der Waals surface area contributed by atoms with Crippen molar-refractivity contribution in [2.24, 2.45) is 4.99 Å². The third-order valence-corrected chi connectivity index (χ3v) is 6.13. The molecule has 0 bridgehead atoms. The molecule has 0 amide bonds. The summed E-state index contributed by atoms with van der Waals surface area (Å²) in [5.41, 5.74) is 6.13. The lowest BCUT2D eigenvalue weighted by molar-refractivity contribution is 0.441. The summed E-state index contributed by atoms with van der Waals surface area (Å²) < 4.78 is 0. The molecule has 0 aliphatic carbocycles. The zero-order valence-corrected chi connectivity index (χ0v) is 18.9. The maximum atomic E-state index is 5.34. The van der Waals surface area contributed by atoms with Gasteiger partial charge in [-0.2, -0.15) is 0 Å². The van der Waals surface area contributed by atoms with E-state index in [2.05, 4.69) is 135 Å². The van der Waals surface area contributed by atoms with E-state index in [0.29, 0.717) is 0 Å². The first-order valence-electron chi connectivity index (χ1n) is 11.2. The molecular formula is C30H28N2. The molecular weight excluding hydrogens is 388 g/mol. The lowest BCUT2D eigenvalue weighted by Crippen LogP contribution is -2.56. The second kappa shape index (κ2) is 7.80. The van der Waals surface area contributed by atoms with Crippen LogP contribution in [0, 0.1) is 0 Å². The van der Waals surface area contributed by atoms with Crippen LogP contribution in [0.5, 0.6) is 0 Å². The van der Waals surface area contributed by atoms with Gasteiger partial charge in [0.2, 0.25) is 0 Å². The standard InChI is InChI=1S/C30H28N2/c1-29(2,3)32-27-22-14-13-21-26(27)28(31-25-19-11-6-12-20-25)30(32,23-15-7-4-8-16-23)24-17-9-5-10-18-24/h4-22H,1-3H3/b31-28-. The minimum absolute atomic E-state index is 0.157. The molecule has 32 heavy (non-hydrogen) atoms. The molecule has 0 spiro atoms. The van der Waals surface area contributed by atoms with Crippen LogP contribution in [0.4, 0.5) is 11.4 Å². The molecule has 0 saturated carbocycles. The zero-order chi connectivity index (χ0) is 22.2. The van der Waals surface area contributed by atoms with Gasteiger partial charge in [-0.15, -0.1) is 0 Å². The quantitative estimate of drug-likeness (QED) is 0.340. The van der Waals surface area contributed by atoms with Crippen LogP contribution in [0.2, 0.25) is 0 Å². The SMILES string of the molecule is CC(C)(C)N1c2ccccc2/C(=N/c2ccccc2)C1(c1ccccc1)c1ccccc1. The van der Waals surface area contributed by atoms with Crippen LogP contribution in [0.1, 0.15) is 37.5 Å². The summed E-state index contributed by atoms with van der Waals surface area (Å²) in [4.78, 5) is 7.90. The number of nitrogens with zero attached hydrogens (tertiary/aromatic N) is 2. The second-order valence-corrected chi connectivity index (χ2v) is 9.26. The van der Waals surface area contributed by atoms with Crippen molar-refractivity contribution in [3.05, 3.63) is 132 Å². The molecule has 0 saturated heterocycles. The van der Waals surface area contributed by atoms with Crippen molar-refractivity contribution >= 4 is 17.1 Å². The van der Waals surface area contributed by atoms with Gasteiger partial charge in [-0.25, -0.2) is 4.99 Å². The number of fused-ring (bicyclic) bond motifs is 1. The van der Waals surface area contributed by atoms with Gasteiger partial charge in [-0.1, -0.05) is 97.1 Å². The van der Waals surface area contributed by atoms with E-state index in [4.69, 9.17) is 4.99 Å². The highest BCUT2D eigenvalue weighted by Gasteiger charge is 2.55. The molecule has 0 atom stereocenters. The Balaban J connectivity index is 1.95. The Kier molecular flexibility index (Phi) is 4.94. The number of benzene rings is 4. The van der Waals surface area contributed by atoms with Gasteiger partial charge in [0.25, 0.3) is 0 Å². The predicted molar refractivity (Wildman–Crippen MR) is 135 cm³/mol. The highest BCUT2D eigenvalue weighted by atomic mass is 15.3. The van der Waals surface area contributed by atoms with Crippen LogP contribution < -0.4 is 4.90 Å². The molecule has 4 aromatic carbocycles. The smallest absolute Gasteiger partial charge is 0.135 e. The average molecular weight is 417 g/mol. The van der Waals surface area contributed by atoms with Crippen molar-refractivity contribution in [3.8, 4) is 0 Å². The Bertz CT molecular complexity index is 1200. The first-order chi connectivity index (χ1) is 15.5. The highest BCUT2D eigenvalue weighted by molar-refractivity contribution is 6.20. The Morgan fingerprint density at radius 1 is 0.594 bits per heavy atom. The van der Waals surface area contributed by atoms with Gasteiger partial charge in [-0.3, -0.25) is 0 Å². The first-order valence-corrected chi connectivity index (χ1v) is 11.2. The molecule has 1 aliphatic rings. The van der Waals surface area contributed by atoms with E-state index in [1.807, 2.05) is 6.07 Å². The van der Waals surface area contributed by atoms with E-state index in [1.165, 1.54) is 22.4 Å². The third kappa shape index (κ3) is 3.15. The summed E-state index contributed by atoms with van der Waals surface area (Å²) in [6, 6.07) is 40.6. The van der Waals surface area contributed by atoms with Gasteiger partial charge in [-0.05, 0) is 50.1 Å². The molecule has 1 aliphatic heterocycles. The molecule has 0 N–H and O–H groups in total. The molecule has 0 fully saturated rings. The van der Waals surface area contributed by atoms with Crippen LogP contribution in [0.15, 0.2) is 120 Å². The van der Waals surface area contributed by atoms with Gasteiger partial charge in [0.05, 0.1) is 11.4 Å². The van der Waals surface area contributed by atoms with Crippen LogP contribution in [-0.4, -0.2) is 11.3 Å². The lowest BCUT2D eigenvalue weighted by Gasteiger charge is -2.49. The maximum Gasteiger partial charge on any atom is 0.135 e. The van der Waals surface area contributed by atoms with Crippen molar-refractivity contribution < 1.29 is 0 Å². The fraction of sp³-hybridized carbons (Fsp3) is 0.167. The molecule has 4 aromatic rings. The number of para-hydroxylation sites is 2. The molecule has 0 unspecified atom stereocenters. The molecule has 158 valence electrons. The largest absolute Gasteiger partial charge is 0.347 e. The van der Waals surface area contributed by atoms with Crippen LogP contribution in [0.3, 0.4) is 0 Å². The van der Waals surface area contributed by atoms with Gasteiger partial charge in [0.15, 0.2) is 0 Å². The Morgan fingerprint density at radius 2 is 1.06 bits per heavy atom. The number of rotatable bonds is 3. The van der Waals surface area contributed by atoms with Gasteiger partial charge >= 0.3 is 0 Å². The van der Waals surface area contributed by atoms with E-state index in [1.54, 1.807) is 0 Å². The summed E-state index contributed by atoms with van der Waals surface area (Å²) >= 11 is 0. The minimum atomic E-state index is -0.555. The van der Waals surface area contributed by atoms with Crippen molar-refractivity contribution in [1.82, 2.24) is 0 Å². The highest BCUT2D eigenvalue weighted by Crippen LogP contribution is 2.53. The molecule has 0 radical (unpaired) electrons. The average Bonchev–Trinajstić information content (AvgIpc) is 3.12. The van der Waals surface area contributed by atoms with Gasteiger partial charge < -0.3 is 4.90 Å². The third-order valence-electron chi connectivity index (χ3n) is 6.13. The van der Waals surface area contributed by atoms with Gasteiger partial charge in [0, 0.05) is 16.8 Å². The van der Waals surface area contributed by atoms with Crippen LogP contribution >= 0.6 is 0 Å². The molecule has 1 heterocycles. The Hall–Kier alpha value is -3.65. The maximum absolute atomic E-state index is 5.34. The summed E-state index contributed by atoms with van der Waals surface area (Å²) in [6.07, 6.45) is 0. The monoisotopic (exact) mass is 416 g/mol. The summed E-state index contributed by atoms with van der Waals surface area (Å²) in [6.45, 7) is 6.86. The van der Waals surface area contributed by atoms with Crippen LogP contribution in [0.25, 0.3) is 0 Å². The second-order valence-electron chi connectivity index (χ2n) is 9.26. The molecule has 5 rings (SSSR count).